The van der Waals surface area contributed by atoms with Gasteiger partial charge in [0.15, 0.2) is 5.96 Å². The number of H-pyrrole nitrogens is 1. The molecule has 8 heteroatoms. The van der Waals surface area contributed by atoms with Crippen molar-refractivity contribution in [3.63, 3.8) is 0 Å². The first-order valence-electron chi connectivity index (χ1n) is 8.78. The SMILES string of the molecule is CN=C(NCCCCn1cnnc1)NCCc1c[nH]c2ccc(F)cc12. The highest BCUT2D eigenvalue weighted by Gasteiger charge is 2.05. The number of unbranched alkanes of at least 4 members (excludes halogenated alkanes) is 1. The third kappa shape index (κ3) is 4.81. The standard InChI is InChI=1S/C18H24FN7/c1-20-18(21-7-2-3-9-26-12-24-25-13-26)22-8-6-14-11-23-17-5-4-15(19)10-16(14)17/h4-5,10-13,23H,2-3,6-9H2,1H3,(H2,20,21,22). The fourth-order valence-electron chi connectivity index (χ4n) is 2.86. The van der Waals surface area contributed by atoms with Crippen LogP contribution in [0, 0.1) is 5.82 Å². The minimum atomic E-state index is -0.213. The summed E-state index contributed by atoms with van der Waals surface area (Å²) in [5, 5.41) is 15.1. The van der Waals surface area contributed by atoms with Crippen molar-refractivity contribution in [3.05, 3.63) is 48.4 Å². The van der Waals surface area contributed by atoms with E-state index >= 15 is 0 Å². The van der Waals surface area contributed by atoms with Crippen molar-refractivity contribution in [2.24, 2.45) is 4.99 Å². The highest BCUT2D eigenvalue weighted by molar-refractivity contribution is 5.83. The van der Waals surface area contributed by atoms with E-state index in [0.29, 0.717) is 0 Å². The Morgan fingerprint density at radius 1 is 1.19 bits per heavy atom. The van der Waals surface area contributed by atoms with Crippen LogP contribution in [0.3, 0.4) is 0 Å². The molecule has 138 valence electrons. The lowest BCUT2D eigenvalue weighted by Gasteiger charge is -2.11. The number of nitrogens with zero attached hydrogens (tertiary/aromatic N) is 4. The topological polar surface area (TPSA) is 82.9 Å². The second-order valence-electron chi connectivity index (χ2n) is 6.09. The van der Waals surface area contributed by atoms with Gasteiger partial charge in [0.2, 0.25) is 0 Å². The number of guanidine groups is 1. The molecule has 0 amide bonds. The molecule has 3 rings (SSSR count). The molecule has 0 aliphatic rings. The van der Waals surface area contributed by atoms with E-state index in [0.717, 1.165) is 61.3 Å². The number of nitrogens with one attached hydrogen (secondary N) is 3. The molecule has 0 unspecified atom stereocenters. The number of aryl methyl sites for hydroxylation is 1. The molecule has 2 heterocycles. The van der Waals surface area contributed by atoms with Gasteiger partial charge in [-0.1, -0.05) is 0 Å². The molecule has 3 N–H and O–H groups in total. The van der Waals surface area contributed by atoms with E-state index in [9.17, 15) is 4.39 Å². The molecule has 2 aromatic heterocycles. The van der Waals surface area contributed by atoms with Crippen LogP contribution >= 0.6 is 0 Å². The van der Waals surface area contributed by atoms with Crippen molar-refractivity contribution in [3.8, 4) is 0 Å². The van der Waals surface area contributed by atoms with Gasteiger partial charge in [-0.2, -0.15) is 0 Å². The predicted octanol–water partition coefficient (Wildman–Crippen LogP) is 2.09. The van der Waals surface area contributed by atoms with Crippen LogP contribution in [0.2, 0.25) is 0 Å². The van der Waals surface area contributed by atoms with Gasteiger partial charge < -0.3 is 20.2 Å². The molecule has 26 heavy (non-hydrogen) atoms. The quantitative estimate of drug-likeness (QED) is 0.327. The first kappa shape index (κ1) is 17.9. The Balaban J connectivity index is 1.37. The number of rotatable bonds is 8. The lowest BCUT2D eigenvalue weighted by Crippen LogP contribution is -2.38. The summed E-state index contributed by atoms with van der Waals surface area (Å²) in [7, 11) is 1.76. The minimum Gasteiger partial charge on any atom is -0.361 e. The Morgan fingerprint density at radius 3 is 2.81 bits per heavy atom. The highest BCUT2D eigenvalue weighted by atomic mass is 19.1. The van der Waals surface area contributed by atoms with Gasteiger partial charge in [-0.15, -0.1) is 10.2 Å². The molecular weight excluding hydrogens is 333 g/mol. The molecule has 0 bridgehead atoms. The number of fused-ring (bicyclic) bond motifs is 1. The van der Waals surface area contributed by atoms with Crippen molar-refractivity contribution in [2.75, 3.05) is 20.1 Å². The van der Waals surface area contributed by atoms with Gasteiger partial charge in [0, 0.05) is 43.8 Å². The Bertz CT molecular complexity index is 838. The minimum absolute atomic E-state index is 0.213. The van der Waals surface area contributed by atoms with Crippen molar-refractivity contribution in [1.29, 1.82) is 0 Å². The number of aromatic amines is 1. The van der Waals surface area contributed by atoms with Crippen molar-refractivity contribution in [2.45, 2.75) is 25.8 Å². The van der Waals surface area contributed by atoms with Crippen LogP contribution in [0.5, 0.6) is 0 Å². The normalized spacial score (nSPS) is 11.8. The Morgan fingerprint density at radius 2 is 2.00 bits per heavy atom. The summed E-state index contributed by atoms with van der Waals surface area (Å²) in [5.41, 5.74) is 2.05. The Kier molecular flexibility index (Phi) is 6.19. The average molecular weight is 357 g/mol. The second-order valence-corrected chi connectivity index (χ2v) is 6.09. The molecule has 0 saturated carbocycles. The van der Waals surface area contributed by atoms with E-state index in [4.69, 9.17) is 0 Å². The number of hydrogen-bond donors (Lipinski definition) is 3. The van der Waals surface area contributed by atoms with E-state index in [1.807, 2.05) is 10.8 Å². The number of benzene rings is 1. The van der Waals surface area contributed by atoms with Crippen LogP contribution in [0.4, 0.5) is 4.39 Å². The summed E-state index contributed by atoms with van der Waals surface area (Å²) in [6.45, 7) is 2.49. The number of aromatic nitrogens is 4. The molecule has 0 atom stereocenters. The molecule has 0 radical (unpaired) electrons. The van der Waals surface area contributed by atoms with Gasteiger partial charge in [-0.3, -0.25) is 4.99 Å². The number of halogens is 1. The second kappa shape index (κ2) is 8.98. The highest BCUT2D eigenvalue weighted by Crippen LogP contribution is 2.19. The predicted molar refractivity (Wildman–Crippen MR) is 101 cm³/mol. The van der Waals surface area contributed by atoms with Gasteiger partial charge in [-0.05, 0) is 43.0 Å². The van der Waals surface area contributed by atoms with Crippen LogP contribution in [-0.4, -0.2) is 45.8 Å². The fraction of sp³-hybridized carbons (Fsp3) is 0.389. The smallest absolute Gasteiger partial charge is 0.190 e. The van der Waals surface area contributed by atoms with E-state index < -0.39 is 0 Å². The lowest BCUT2D eigenvalue weighted by molar-refractivity contribution is 0.597. The maximum atomic E-state index is 13.4. The number of aliphatic imine (C=N–C) groups is 1. The number of hydrogen-bond acceptors (Lipinski definition) is 3. The zero-order valence-corrected chi connectivity index (χ0v) is 14.9. The third-order valence-electron chi connectivity index (χ3n) is 4.24. The van der Waals surface area contributed by atoms with E-state index in [1.165, 1.54) is 6.07 Å². The van der Waals surface area contributed by atoms with Gasteiger partial charge in [-0.25, -0.2) is 4.39 Å². The Hall–Kier alpha value is -2.90. The Labute approximate surface area is 151 Å². The van der Waals surface area contributed by atoms with Gasteiger partial charge in [0.25, 0.3) is 0 Å². The van der Waals surface area contributed by atoms with Crippen molar-refractivity contribution in [1.82, 2.24) is 30.4 Å². The molecule has 7 nitrogen and oxygen atoms in total. The average Bonchev–Trinajstić information content (AvgIpc) is 3.30. The summed E-state index contributed by atoms with van der Waals surface area (Å²) in [5.74, 6) is 0.565. The van der Waals surface area contributed by atoms with E-state index in [1.54, 1.807) is 31.8 Å². The van der Waals surface area contributed by atoms with Crippen molar-refractivity contribution >= 4 is 16.9 Å². The van der Waals surface area contributed by atoms with Crippen LogP contribution in [-0.2, 0) is 13.0 Å². The van der Waals surface area contributed by atoms with Crippen LogP contribution in [0.15, 0.2) is 42.0 Å². The maximum absolute atomic E-state index is 13.4. The zero-order valence-electron chi connectivity index (χ0n) is 14.9. The largest absolute Gasteiger partial charge is 0.361 e. The van der Waals surface area contributed by atoms with E-state index in [2.05, 4.69) is 30.8 Å². The van der Waals surface area contributed by atoms with Crippen LogP contribution in [0.25, 0.3) is 10.9 Å². The fourth-order valence-corrected chi connectivity index (χ4v) is 2.86. The molecule has 0 fully saturated rings. The summed E-state index contributed by atoms with van der Waals surface area (Å²) < 4.78 is 15.4. The third-order valence-corrected chi connectivity index (χ3v) is 4.24. The first-order chi connectivity index (χ1) is 12.8. The van der Waals surface area contributed by atoms with Gasteiger partial charge in [0.05, 0.1) is 0 Å². The maximum Gasteiger partial charge on any atom is 0.190 e. The molecule has 0 aliphatic heterocycles. The first-order valence-corrected chi connectivity index (χ1v) is 8.78. The molecule has 0 aliphatic carbocycles. The summed E-state index contributed by atoms with van der Waals surface area (Å²) in [6, 6.07) is 4.81. The summed E-state index contributed by atoms with van der Waals surface area (Å²) >= 11 is 0. The van der Waals surface area contributed by atoms with Crippen LogP contribution < -0.4 is 10.6 Å². The molecule has 0 saturated heterocycles. The molecule has 1 aromatic carbocycles. The monoisotopic (exact) mass is 357 g/mol. The zero-order chi connectivity index (χ0) is 18.2. The molecule has 0 spiro atoms. The van der Waals surface area contributed by atoms with Crippen molar-refractivity contribution < 1.29 is 4.39 Å². The van der Waals surface area contributed by atoms with Gasteiger partial charge in [0.1, 0.15) is 18.5 Å². The van der Waals surface area contributed by atoms with Gasteiger partial charge >= 0.3 is 0 Å². The summed E-state index contributed by atoms with van der Waals surface area (Å²) in [4.78, 5) is 7.41. The molecular formula is C18H24FN7. The lowest BCUT2D eigenvalue weighted by atomic mass is 10.1. The van der Waals surface area contributed by atoms with Crippen LogP contribution in [0.1, 0.15) is 18.4 Å². The molecule has 3 aromatic rings. The van der Waals surface area contributed by atoms with E-state index in [-0.39, 0.29) is 5.82 Å². The summed E-state index contributed by atoms with van der Waals surface area (Å²) in [6.07, 6.45) is 8.25.